The topological polar surface area (TPSA) is 83.5 Å². The number of benzene rings is 1. The smallest absolute Gasteiger partial charge is 0.305 e. The van der Waals surface area contributed by atoms with Crippen molar-refractivity contribution in [3.8, 4) is 0 Å². The van der Waals surface area contributed by atoms with Gasteiger partial charge in [-0.1, -0.05) is 0 Å². The van der Waals surface area contributed by atoms with Gasteiger partial charge in [0.15, 0.2) is 9.84 Å². The maximum atomic E-state index is 11.1. The molecule has 16 heavy (non-hydrogen) atoms. The Morgan fingerprint density at radius 3 is 2.31 bits per heavy atom. The van der Waals surface area contributed by atoms with Gasteiger partial charge in [0.1, 0.15) is 0 Å². The van der Waals surface area contributed by atoms with E-state index < -0.39 is 15.8 Å². The van der Waals surface area contributed by atoms with Gasteiger partial charge in [-0.2, -0.15) is 0 Å². The number of nitrogens with one attached hydrogen (secondary N) is 1. The maximum absolute atomic E-state index is 11.1. The van der Waals surface area contributed by atoms with E-state index >= 15 is 0 Å². The van der Waals surface area contributed by atoms with Crippen molar-refractivity contribution in [1.29, 1.82) is 0 Å². The van der Waals surface area contributed by atoms with Crippen molar-refractivity contribution in [3.63, 3.8) is 0 Å². The van der Waals surface area contributed by atoms with Crippen LogP contribution < -0.4 is 5.32 Å². The van der Waals surface area contributed by atoms with Crippen molar-refractivity contribution < 1.29 is 18.3 Å². The van der Waals surface area contributed by atoms with Crippen molar-refractivity contribution in [1.82, 2.24) is 0 Å². The van der Waals surface area contributed by atoms with E-state index in [9.17, 15) is 13.2 Å². The quantitative estimate of drug-likeness (QED) is 0.805. The Balaban J connectivity index is 2.62. The molecule has 0 saturated carbocycles. The van der Waals surface area contributed by atoms with Crippen LogP contribution in [0.5, 0.6) is 0 Å². The fourth-order valence-corrected chi connectivity index (χ4v) is 1.76. The summed E-state index contributed by atoms with van der Waals surface area (Å²) in [6.07, 6.45) is 1.16. The van der Waals surface area contributed by atoms with Crippen LogP contribution in [0.25, 0.3) is 0 Å². The number of aliphatic carboxylic acids is 1. The molecule has 0 unspecified atom stereocenters. The summed E-state index contributed by atoms with van der Waals surface area (Å²) in [5.74, 6) is -0.875. The average molecular weight is 243 g/mol. The van der Waals surface area contributed by atoms with Crippen LogP contribution in [-0.2, 0) is 14.6 Å². The number of sulfone groups is 1. The summed E-state index contributed by atoms with van der Waals surface area (Å²) in [6.45, 7) is 0.313. The normalized spacial score (nSPS) is 11.1. The second-order valence-corrected chi connectivity index (χ2v) is 5.38. The standard InChI is InChI=1S/C10H13NO4S/c1-16(14,15)9-4-2-8(3-5-9)11-7-6-10(12)13/h2-5,11H,6-7H2,1H3,(H,12,13). The van der Waals surface area contributed by atoms with E-state index in [2.05, 4.69) is 5.32 Å². The number of rotatable bonds is 5. The van der Waals surface area contributed by atoms with Crippen LogP contribution in [0, 0.1) is 0 Å². The molecule has 1 aromatic carbocycles. The van der Waals surface area contributed by atoms with Gasteiger partial charge in [0.2, 0.25) is 0 Å². The Hall–Kier alpha value is -1.56. The highest BCUT2D eigenvalue weighted by Crippen LogP contribution is 2.13. The van der Waals surface area contributed by atoms with Crippen molar-refractivity contribution in [2.45, 2.75) is 11.3 Å². The molecule has 5 nitrogen and oxygen atoms in total. The molecule has 0 aliphatic rings. The highest BCUT2D eigenvalue weighted by atomic mass is 32.2. The number of anilines is 1. The molecule has 1 aromatic rings. The van der Waals surface area contributed by atoms with Gasteiger partial charge in [0, 0.05) is 18.5 Å². The molecular weight excluding hydrogens is 230 g/mol. The molecule has 0 atom stereocenters. The molecule has 6 heteroatoms. The number of hydrogen-bond acceptors (Lipinski definition) is 4. The van der Waals surface area contributed by atoms with Gasteiger partial charge < -0.3 is 10.4 Å². The number of carbonyl (C=O) groups is 1. The van der Waals surface area contributed by atoms with E-state index in [4.69, 9.17) is 5.11 Å². The monoisotopic (exact) mass is 243 g/mol. The predicted octanol–water partition coefficient (Wildman–Crippen LogP) is 0.977. The summed E-state index contributed by atoms with van der Waals surface area (Å²) in [5.41, 5.74) is 0.702. The molecule has 0 spiro atoms. The van der Waals surface area contributed by atoms with E-state index in [1.807, 2.05) is 0 Å². The highest BCUT2D eigenvalue weighted by molar-refractivity contribution is 7.90. The fraction of sp³-hybridized carbons (Fsp3) is 0.300. The maximum Gasteiger partial charge on any atom is 0.305 e. The Kier molecular flexibility index (Phi) is 3.89. The lowest BCUT2D eigenvalue weighted by atomic mass is 10.3. The largest absolute Gasteiger partial charge is 0.481 e. The van der Waals surface area contributed by atoms with E-state index in [-0.39, 0.29) is 11.3 Å². The zero-order chi connectivity index (χ0) is 12.2. The second-order valence-electron chi connectivity index (χ2n) is 3.37. The Labute approximate surface area is 94.0 Å². The van der Waals surface area contributed by atoms with Gasteiger partial charge >= 0.3 is 5.97 Å². The Morgan fingerprint density at radius 2 is 1.88 bits per heavy atom. The van der Waals surface area contributed by atoms with Crippen molar-refractivity contribution in [2.75, 3.05) is 18.1 Å². The van der Waals surface area contributed by atoms with Gasteiger partial charge in [-0.3, -0.25) is 4.79 Å². The molecule has 0 radical (unpaired) electrons. The van der Waals surface area contributed by atoms with Crippen molar-refractivity contribution in [3.05, 3.63) is 24.3 Å². The first-order chi connectivity index (χ1) is 7.39. The lowest BCUT2D eigenvalue weighted by molar-refractivity contribution is -0.136. The first-order valence-corrected chi connectivity index (χ1v) is 6.54. The summed E-state index contributed by atoms with van der Waals surface area (Å²) in [4.78, 5) is 10.5. The highest BCUT2D eigenvalue weighted by Gasteiger charge is 2.05. The van der Waals surface area contributed by atoms with Crippen molar-refractivity contribution in [2.24, 2.45) is 0 Å². The molecule has 0 saturated heterocycles. The number of hydrogen-bond donors (Lipinski definition) is 2. The molecule has 0 bridgehead atoms. The fourth-order valence-electron chi connectivity index (χ4n) is 1.13. The molecule has 2 N–H and O–H groups in total. The molecule has 0 aliphatic heterocycles. The van der Waals surface area contributed by atoms with Crippen LogP contribution in [0.2, 0.25) is 0 Å². The van der Waals surface area contributed by atoms with Crippen LogP contribution in [0.15, 0.2) is 29.2 Å². The van der Waals surface area contributed by atoms with Gasteiger partial charge in [-0.05, 0) is 24.3 Å². The van der Waals surface area contributed by atoms with Gasteiger partial charge in [0.25, 0.3) is 0 Å². The first kappa shape index (κ1) is 12.5. The summed E-state index contributed by atoms with van der Waals surface area (Å²) < 4.78 is 22.3. The summed E-state index contributed by atoms with van der Waals surface area (Å²) in [6, 6.07) is 6.19. The SMILES string of the molecule is CS(=O)(=O)c1ccc(NCCC(=O)O)cc1. The van der Waals surface area contributed by atoms with Crippen LogP contribution in [-0.4, -0.2) is 32.3 Å². The third-order valence-corrected chi connectivity index (χ3v) is 3.08. The van der Waals surface area contributed by atoms with E-state index in [0.29, 0.717) is 12.2 Å². The van der Waals surface area contributed by atoms with E-state index in [0.717, 1.165) is 6.26 Å². The first-order valence-electron chi connectivity index (χ1n) is 4.65. The predicted molar refractivity (Wildman–Crippen MR) is 60.3 cm³/mol. The van der Waals surface area contributed by atoms with Crippen LogP contribution >= 0.6 is 0 Å². The molecule has 88 valence electrons. The third kappa shape index (κ3) is 3.90. The van der Waals surface area contributed by atoms with E-state index in [1.165, 1.54) is 12.1 Å². The molecule has 0 fully saturated rings. The molecule has 1 rings (SSSR count). The number of carboxylic acid groups (broad SMARTS) is 1. The average Bonchev–Trinajstić information content (AvgIpc) is 2.16. The Morgan fingerprint density at radius 1 is 1.31 bits per heavy atom. The minimum atomic E-state index is -3.18. The molecular formula is C10H13NO4S. The van der Waals surface area contributed by atoms with Crippen molar-refractivity contribution >= 4 is 21.5 Å². The summed E-state index contributed by atoms with van der Waals surface area (Å²) in [5, 5.41) is 11.3. The summed E-state index contributed by atoms with van der Waals surface area (Å²) in [7, 11) is -3.18. The molecule has 0 heterocycles. The second kappa shape index (κ2) is 4.98. The minimum absolute atomic E-state index is 0.0217. The zero-order valence-electron chi connectivity index (χ0n) is 8.80. The zero-order valence-corrected chi connectivity index (χ0v) is 9.62. The lowest BCUT2D eigenvalue weighted by Gasteiger charge is -2.05. The Bertz CT molecular complexity index is 464. The minimum Gasteiger partial charge on any atom is -0.481 e. The van der Waals surface area contributed by atoms with Gasteiger partial charge in [0.05, 0.1) is 11.3 Å². The summed E-state index contributed by atoms with van der Waals surface area (Å²) >= 11 is 0. The van der Waals surface area contributed by atoms with Crippen LogP contribution in [0.4, 0.5) is 5.69 Å². The van der Waals surface area contributed by atoms with Gasteiger partial charge in [-0.15, -0.1) is 0 Å². The molecule has 0 aliphatic carbocycles. The molecule has 0 aromatic heterocycles. The number of carboxylic acids is 1. The van der Waals surface area contributed by atoms with E-state index in [1.54, 1.807) is 12.1 Å². The lowest BCUT2D eigenvalue weighted by Crippen LogP contribution is -2.07. The van der Waals surface area contributed by atoms with Gasteiger partial charge in [-0.25, -0.2) is 8.42 Å². The van der Waals surface area contributed by atoms with Crippen LogP contribution in [0.1, 0.15) is 6.42 Å². The molecule has 0 amide bonds. The third-order valence-electron chi connectivity index (χ3n) is 1.95. The van der Waals surface area contributed by atoms with Crippen LogP contribution in [0.3, 0.4) is 0 Å².